The number of likely N-dealkylation sites (tertiary alicyclic amines) is 1. The third-order valence-electron chi connectivity index (χ3n) is 4.58. The molecule has 1 amide bonds. The topological polar surface area (TPSA) is 73.9 Å². The lowest BCUT2D eigenvalue weighted by molar-refractivity contribution is -0.114. The van der Waals surface area contributed by atoms with Crippen molar-refractivity contribution in [2.75, 3.05) is 18.4 Å². The van der Waals surface area contributed by atoms with E-state index in [0.717, 1.165) is 43.1 Å². The smallest absolute Gasteiger partial charge is 0.223 e. The molecule has 0 radical (unpaired) electrons. The highest BCUT2D eigenvalue weighted by Crippen LogP contribution is 2.22. The number of aromatic nitrogens is 3. The van der Waals surface area contributed by atoms with E-state index in [9.17, 15) is 4.79 Å². The second-order valence-corrected chi connectivity index (χ2v) is 7.13. The van der Waals surface area contributed by atoms with Gasteiger partial charge in [-0.05, 0) is 63.3 Å². The quantitative estimate of drug-likeness (QED) is 0.877. The molecular formula is C19H27N5O. The molecule has 0 saturated carbocycles. The largest absolute Gasteiger partial charge is 0.330 e. The predicted octanol–water partition coefficient (Wildman–Crippen LogP) is 2.83. The van der Waals surface area contributed by atoms with Crippen LogP contribution in [0.4, 0.5) is 5.95 Å². The van der Waals surface area contributed by atoms with Crippen LogP contribution < -0.4 is 5.32 Å². The molecule has 2 aromatic rings. The number of hydrogen-bond donors (Lipinski definition) is 2. The number of carbonyl (C=O) groups is 1. The molecule has 1 atom stereocenters. The van der Waals surface area contributed by atoms with Crippen molar-refractivity contribution in [3.63, 3.8) is 0 Å². The molecule has 1 saturated heterocycles. The van der Waals surface area contributed by atoms with E-state index in [2.05, 4.69) is 51.1 Å². The van der Waals surface area contributed by atoms with Crippen molar-refractivity contribution in [2.24, 2.45) is 5.92 Å². The second kappa shape index (κ2) is 7.78. The number of nitrogens with one attached hydrogen (secondary N) is 2. The van der Waals surface area contributed by atoms with Crippen LogP contribution in [0.25, 0.3) is 0 Å². The molecule has 3 rings (SSSR count). The Labute approximate surface area is 149 Å². The number of nitrogens with zero attached hydrogens (tertiary/aromatic N) is 3. The van der Waals surface area contributed by atoms with E-state index in [0.29, 0.717) is 11.9 Å². The molecule has 1 unspecified atom stereocenters. The van der Waals surface area contributed by atoms with E-state index in [1.54, 1.807) is 0 Å². The number of carbonyl (C=O) groups excluding carboxylic acids is 1. The van der Waals surface area contributed by atoms with Gasteiger partial charge in [0.2, 0.25) is 11.9 Å². The van der Waals surface area contributed by atoms with E-state index in [-0.39, 0.29) is 5.91 Å². The van der Waals surface area contributed by atoms with Crippen molar-refractivity contribution in [3.8, 4) is 0 Å². The third kappa shape index (κ3) is 5.13. The zero-order valence-electron chi connectivity index (χ0n) is 15.3. The first-order valence-corrected chi connectivity index (χ1v) is 8.96. The summed E-state index contributed by atoms with van der Waals surface area (Å²) in [5.74, 6) is 1.09. The normalized spacial score (nSPS) is 18.3. The Balaban J connectivity index is 1.57. The van der Waals surface area contributed by atoms with Gasteiger partial charge in [-0.3, -0.25) is 20.0 Å². The summed E-state index contributed by atoms with van der Waals surface area (Å²) in [5, 5.41) is 2.68. The van der Waals surface area contributed by atoms with E-state index >= 15 is 0 Å². The zero-order chi connectivity index (χ0) is 17.8. The van der Waals surface area contributed by atoms with E-state index in [4.69, 9.17) is 0 Å². The molecule has 0 aromatic carbocycles. The fraction of sp³-hybridized carbons (Fsp3) is 0.526. The van der Waals surface area contributed by atoms with Crippen molar-refractivity contribution >= 4 is 11.9 Å². The van der Waals surface area contributed by atoms with Crippen LogP contribution in [0.3, 0.4) is 0 Å². The molecule has 6 heteroatoms. The van der Waals surface area contributed by atoms with E-state index < -0.39 is 0 Å². The van der Waals surface area contributed by atoms with Crippen LogP contribution in [0.15, 0.2) is 18.3 Å². The first-order chi connectivity index (χ1) is 12.0. The second-order valence-electron chi connectivity index (χ2n) is 7.13. The highest BCUT2D eigenvalue weighted by Gasteiger charge is 2.21. The monoisotopic (exact) mass is 341 g/mol. The Hall–Kier alpha value is -2.21. The van der Waals surface area contributed by atoms with Gasteiger partial charge < -0.3 is 4.98 Å². The van der Waals surface area contributed by atoms with Crippen LogP contribution in [0, 0.1) is 19.8 Å². The van der Waals surface area contributed by atoms with Crippen molar-refractivity contribution in [2.45, 2.75) is 46.6 Å². The van der Waals surface area contributed by atoms with Crippen LogP contribution >= 0.6 is 0 Å². The number of rotatable bonds is 5. The van der Waals surface area contributed by atoms with Crippen LogP contribution in [-0.4, -0.2) is 38.8 Å². The summed E-state index contributed by atoms with van der Waals surface area (Å²) in [4.78, 5) is 25.5. The van der Waals surface area contributed by atoms with Gasteiger partial charge in [-0.1, -0.05) is 0 Å². The number of amides is 1. The van der Waals surface area contributed by atoms with Gasteiger partial charge in [-0.15, -0.1) is 0 Å². The molecular weight excluding hydrogens is 314 g/mol. The highest BCUT2D eigenvalue weighted by molar-refractivity contribution is 5.86. The lowest BCUT2D eigenvalue weighted by Crippen LogP contribution is -2.35. The molecule has 1 fully saturated rings. The van der Waals surface area contributed by atoms with Gasteiger partial charge in [0.15, 0.2) is 0 Å². The van der Waals surface area contributed by atoms with Gasteiger partial charge in [0.25, 0.3) is 0 Å². The van der Waals surface area contributed by atoms with Crippen molar-refractivity contribution < 1.29 is 4.79 Å². The fourth-order valence-corrected chi connectivity index (χ4v) is 3.73. The number of hydrogen-bond acceptors (Lipinski definition) is 4. The number of anilines is 1. The van der Waals surface area contributed by atoms with Gasteiger partial charge in [0.1, 0.15) is 0 Å². The zero-order valence-corrected chi connectivity index (χ0v) is 15.3. The SMILES string of the molecule is CC(=O)Nc1nc(CN2CCCC(Cc3cc(C)nc(C)c3)C2)c[nH]1. The number of H-pyrrole nitrogens is 1. The Morgan fingerprint density at radius 1 is 1.32 bits per heavy atom. The summed E-state index contributed by atoms with van der Waals surface area (Å²) in [7, 11) is 0. The van der Waals surface area contributed by atoms with Crippen LogP contribution in [0.5, 0.6) is 0 Å². The average Bonchev–Trinajstić information content (AvgIpc) is 2.92. The Kier molecular flexibility index (Phi) is 5.48. The summed E-state index contributed by atoms with van der Waals surface area (Å²) < 4.78 is 0. The molecule has 3 heterocycles. The minimum Gasteiger partial charge on any atom is -0.330 e. The van der Waals surface area contributed by atoms with E-state index in [1.807, 2.05) is 6.20 Å². The first kappa shape index (κ1) is 17.6. The maximum Gasteiger partial charge on any atom is 0.223 e. The van der Waals surface area contributed by atoms with Crippen molar-refractivity contribution in [3.05, 3.63) is 41.0 Å². The minimum absolute atomic E-state index is 0.109. The molecule has 0 aliphatic carbocycles. The Morgan fingerprint density at radius 3 is 2.80 bits per heavy atom. The average molecular weight is 341 g/mol. The molecule has 134 valence electrons. The number of piperidine rings is 1. The maximum atomic E-state index is 11.1. The summed E-state index contributed by atoms with van der Waals surface area (Å²) in [5.41, 5.74) is 4.57. The summed E-state index contributed by atoms with van der Waals surface area (Å²) in [6, 6.07) is 4.42. The van der Waals surface area contributed by atoms with Crippen molar-refractivity contribution in [1.82, 2.24) is 19.9 Å². The summed E-state index contributed by atoms with van der Waals surface area (Å²) >= 11 is 0. The summed E-state index contributed by atoms with van der Waals surface area (Å²) in [6.07, 6.45) is 5.48. The van der Waals surface area contributed by atoms with Gasteiger partial charge in [0, 0.05) is 37.6 Å². The van der Waals surface area contributed by atoms with Gasteiger partial charge in [0.05, 0.1) is 5.69 Å². The van der Waals surface area contributed by atoms with Gasteiger partial charge in [-0.25, -0.2) is 4.98 Å². The predicted molar refractivity (Wildman–Crippen MR) is 98.3 cm³/mol. The lowest BCUT2D eigenvalue weighted by atomic mass is 9.91. The molecule has 0 bridgehead atoms. The van der Waals surface area contributed by atoms with Gasteiger partial charge >= 0.3 is 0 Å². The Morgan fingerprint density at radius 2 is 2.08 bits per heavy atom. The van der Waals surface area contributed by atoms with Crippen LogP contribution in [-0.2, 0) is 17.8 Å². The molecule has 2 aromatic heterocycles. The lowest BCUT2D eigenvalue weighted by Gasteiger charge is -2.32. The molecule has 1 aliphatic heterocycles. The molecule has 1 aliphatic rings. The highest BCUT2D eigenvalue weighted by atomic mass is 16.1. The van der Waals surface area contributed by atoms with Gasteiger partial charge in [-0.2, -0.15) is 0 Å². The number of imidazole rings is 1. The van der Waals surface area contributed by atoms with E-state index in [1.165, 1.54) is 25.3 Å². The standard InChI is InChI=1S/C19H27N5O/c1-13-7-17(8-14(2)21-13)9-16-5-4-6-24(11-16)12-18-10-20-19(23-18)22-15(3)25/h7-8,10,16H,4-6,9,11-12H2,1-3H3,(H2,20,22,23,25). The van der Waals surface area contributed by atoms with Crippen LogP contribution in [0.2, 0.25) is 0 Å². The number of pyridine rings is 1. The molecule has 6 nitrogen and oxygen atoms in total. The molecule has 25 heavy (non-hydrogen) atoms. The molecule has 2 N–H and O–H groups in total. The summed E-state index contributed by atoms with van der Waals surface area (Å²) in [6.45, 7) is 8.62. The number of aromatic amines is 1. The minimum atomic E-state index is -0.109. The third-order valence-corrected chi connectivity index (χ3v) is 4.58. The Bertz CT molecular complexity index is 719. The van der Waals surface area contributed by atoms with Crippen LogP contribution in [0.1, 0.15) is 42.4 Å². The van der Waals surface area contributed by atoms with Crippen molar-refractivity contribution in [1.29, 1.82) is 0 Å². The first-order valence-electron chi connectivity index (χ1n) is 8.96. The maximum absolute atomic E-state index is 11.1. The molecule has 0 spiro atoms. The number of aryl methyl sites for hydroxylation is 2. The fourth-order valence-electron chi connectivity index (χ4n) is 3.73.